The van der Waals surface area contributed by atoms with E-state index in [0.717, 1.165) is 34.0 Å². The van der Waals surface area contributed by atoms with Crippen molar-refractivity contribution in [2.45, 2.75) is 13.8 Å². The molecule has 2 N–H and O–H groups in total. The topological polar surface area (TPSA) is 60.5 Å². The number of hydrogen-bond donors (Lipinski definition) is 1. The van der Waals surface area contributed by atoms with Crippen LogP contribution in [-0.4, -0.2) is 23.0 Å². The largest absolute Gasteiger partial charge is 0.497 e. The van der Waals surface area contributed by atoms with Crippen LogP contribution in [0.15, 0.2) is 41.5 Å². The first-order chi connectivity index (χ1) is 10.1. The zero-order valence-electron chi connectivity index (χ0n) is 12.5. The Balaban J connectivity index is 2.40. The molecule has 0 aliphatic carbocycles. The molecule has 0 aliphatic heterocycles. The van der Waals surface area contributed by atoms with E-state index in [1.165, 1.54) is 11.8 Å². The number of amidine groups is 1. The third kappa shape index (κ3) is 3.98. The van der Waals surface area contributed by atoms with Crippen molar-refractivity contribution in [1.29, 1.82) is 0 Å². The summed E-state index contributed by atoms with van der Waals surface area (Å²) in [4.78, 5) is 8.85. The molecule has 2 aromatic rings. The van der Waals surface area contributed by atoms with Gasteiger partial charge in [0.25, 0.3) is 0 Å². The Morgan fingerprint density at radius 2 is 2.14 bits per heavy atom. The molecule has 0 unspecified atom stereocenters. The summed E-state index contributed by atoms with van der Waals surface area (Å²) in [6, 6.07) is 9.79. The first kappa shape index (κ1) is 15.4. The number of nitrogens with zero attached hydrogens (tertiary/aromatic N) is 2. The van der Waals surface area contributed by atoms with E-state index in [1.807, 2.05) is 37.3 Å². The molecule has 0 amide bonds. The highest BCUT2D eigenvalue weighted by molar-refractivity contribution is 8.13. The second-order valence-electron chi connectivity index (χ2n) is 4.47. The van der Waals surface area contributed by atoms with E-state index in [4.69, 9.17) is 10.5 Å². The van der Waals surface area contributed by atoms with Crippen LogP contribution in [0, 0.1) is 6.92 Å². The highest BCUT2D eigenvalue weighted by atomic mass is 32.2. The highest BCUT2D eigenvalue weighted by Crippen LogP contribution is 2.28. The predicted molar refractivity (Wildman–Crippen MR) is 90.4 cm³/mol. The molecule has 110 valence electrons. The van der Waals surface area contributed by atoms with E-state index in [9.17, 15) is 0 Å². The van der Waals surface area contributed by atoms with E-state index in [0.29, 0.717) is 5.17 Å². The summed E-state index contributed by atoms with van der Waals surface area (Å²) in [5.74, 6) is 1.69. The van der Waals surface area contributed by atoms with Crippen LogP contribution in [0.25, 0.3) is 11.3 Å². The van der Waals surface area contributed by atoms with Crippen LogP contribution in [-0.2, 0) is 0 Å². The van der Waals surface area contributed by atoms with Gasteiger partial charge >= 0.3 is 0 Å². The van der Waals surface area contributed by atoms with Gasteiger partial charge in [0.05, 0.1) is 18.5 Å². The summed E-state index contributed by atoms with van der Waals surface area (Å²) >= 11 is 1.53. The molecular weight excluding hydrogens is 282 g/mol. The third-order valence-corrected chi connectivity index (χ3v) is 3.67. The van der Waals surface area contributed by atoms with Gasteiger partial charge < -0.3 is 10.5 Å². The van der Waals surface area contributed by atoms with Crippen LogP contribution in [0.3, 0.4) is 0 Å². The lowest BCUT2D eigenvalue weighted by molar-refractivity contribution is 0.414. The first-order valence-corrected chi connectivity index (χ1v) is 7.70. The lowest BCUT2D eigenvalue weighted by Crippen LogP contribution is -2.06. The molecule has 0 fully saturated rings. The molecule has 1 aromatic heterocycles. The number of rotatable bonds is 4. The van der Waals surface area contributed by atoms with E-state index < -0.39 is 0 Å². The quantitative estimate of drug-likeness (QED) is 0.690. The Kier molecular flexibility index (Phi) is 5.22. The molecule has 2 rings (SSSR count). The number of methoxy groups -OCH3 is 1. The fourth-order valence-corrected chi connectivity index (χ4v) is 2.34. The molecular formula is C16H19N3OS. The summed E-state index contributed by atoms with van der Waals surface area (Å²) in [6.45, 7) is 4.07. The Labute approximate surface area is 129 Å². The summed E-state index contributed by atoms with van der Waals surface area (Å²) in [6.07, 6.45) is 1.73. The monoisotopic (exact) mass is 301 g/mol. The van der Waals surface area contributed by atoms with Gasteiger partial charge in [0, 0.05) is 17.8 Å². The molecule has 0 atom stereocenters. The van der Waals surface area contributed by atoms with Gasteiger partial charge in [-0.1, -0.05) is 30.8 Å². The van der Waals surface area contributed by atoms with Crippen molar-refractivity contribution in [3.05, 3.63) is 42.1 Å². The van der Waals surface area contributed by atoms with Crippen LogP contribution < -0.4 is 10.5 Å². The molecule has 0 spiro atoms. The third-order valence-electron chi connectivity index (χ3n) is 2.99. The molecule has 4 nitrogen and oxygen atoms in total. The van der Waals surface area contributed by atoms with Crippen molar-refractivity contribution < 1.29 is 4.74 Å². The van der Waals surface area contributed by atoms with Crippen molar-refractivity contribution in [2.24, 2.45) is 10.7 Å². The molecule has 21 heavy (non-hydrogen) atoms. The number of pyridine rings is 1. The maximum atomic E-state index is 5.90. The Morgan fingerprint density at radius 3 is 2.86 bits per heavy atom. The Hall–Kier alpha value is -2.01. The van der Waals surface area contributed by atoms with Crippen LogP contribution in [0.2, 0.25) is 0 Å². The van der Waals surface area contributed by atoms with Crippen LogP contribution in [0.5, 0.6) is 5.75 Å². The summed E-state index contributed by atoms with van der Waals surface area (Å²) < 4.78 is 5.24. The fraction of sp³-hybridized carbons (Fsp3) is 0.250. The number of hydrogen-bond acceptors (Lipinski definition) is 4. The predicted octanol–water partition coefficient (Wildman–Crippen LogP) is 3.76. The van der Waals surface area contributed by atoms with Crippen molar-refractivity contribution >= 4 is 22.6 Å². The smallest absolute Gasteiger partial charge is 0.159 e. The van der Waals surface area contributed by atoms with Gasteiger partial charge in [0.2, 0.25) is 0 Å². The second-order valence-corrected chi connectivity index (χ2v) is 5.75. The maximum absolute atomic E-state index is 5.90. The van der Waals surface area contributed by atoms with Crippen molar-refractivity contribution in [2.75, 3.05) is 12.9 Å². The Morgan fingerprint density at radius 1 is 1.33 bits per heavy atom. The standard InChI is InChI=1S/C16H19N3OS/c1-4-21-16(17)19-14-9-12(6-5-11(14)2)15-10-13(20-3)7-8-18-15/h5-10H,4H2,1-3H3,(H2,17,19). The maximum Gasteiger partial charge on any atom is 0.159 e. The molecule has 0 radical (unpaired) electrons. The lowest BCUT2D eigenvalue weighted by atomic mass is 10.1. The average molecular weight is 301 g/mol. The summed E-state index contributed by atoms with van der Waals surface area (Å²) in [5.41, 5.74) is 9.70. The fourth-order valence-electron chi connectivity index (χ4n) is 1.88. The van der Waals surface area contributed by atoms with Gasteiger partial charge in [-0.15, -0.1) is 0 Å². The molecule has 0 saturated carbocycles. The van der Waals surface area contributed by atoms with E-state index in [-0.39, 0.29) is 0 Å². The van der Waals surface area contributed by atoms with Gasteiger partial charge in [-0.3, -0.25) is 4.98 Å². The van der Waals surface area contributed by atoms with Gasteiger partial charge in [0.15, 0.2) is 5.17 Å². The number of ether oxygens (including phenoxy) is 1. The minimum Gasteiger partial charge on any atom is -0.497 e. The number of aliphatic imine (C=N–C) groups is 1. The number of benzene rings is 1. The lowest BCUT2D eigenvalue weighted by Gasteiger charge is -2.07. The van der Waals surface area contributed by atoms with Gasteiger partial charge in [0.1, 0.15) is 5.75 Å². The molecule has 5 heteroatoms. The minimum atomic E-state index is 0.580. The summed E-state index contributed by atoms with van der Waals surface area (Å²) in [7, 11) is 1.65. The number of aromatic nitrogens is 1. The number of aryl methyl sites for hydroxylation is 1. The van der Waals surface area contributed by atoms with E-state index >= 15 is 0 Å². The van der Waals surface area contributed by atoms with Gasteiger partial charge in [-0.25, -0.2) is 4.99 Å². The molecule has 1 aromatic carbocycles. The Bertz CT molecular complexity index is 656. The molecule has 1 heterocycles. The van der Waals surface area contributed by atoms with Crippen LogP contribution in [0.4, 0.5) is 5.69 Å². The zero-order valence-corrected chi connectivity index (χ0v) is 13.3. The SMILES string of the molecule is CCSC(N)=Nc1cc(-c2cc(OC)ccn2)ccc1C. The van der Waals surface area contributed by atoms with Crippen molar-refractivity contribution in [3.8, 4) is 17.0 Å². The zero-order chi connectivity index (χ0) is 15.2. The minimum absolute atomic E-state index is 0.580. The average Bonchev–Trinajstić information content (AvgIpc) is 2.50. The van der Waals surface area contributed by atoms with E-state index in [2.05, 4.69) is 16.9 Å². The van der Waals surface area contributed by atoms with Crippen molar-refractivity contribution in [3.63, 3.8) is 0 Å². The normalized spacial score (nSPS) is 11.5. The number of thioether (sulfide) groups is 1. The van der Waals surface area contributed by atoms with Gasteiger partial charge in [-0.05, 0) is 30.4 Å². The number of nitrogens with two attached hydrogens (primary N) is 1. The van der Waals surface area contributed by atoms with Crippen molar-refractivity contribution in [1.82, 2.24) is 4.98 Å². The van der Waals surface area contributed by atoms with Crippen LogP contribution in [0.1, 0.15) is 12.5 Å². The van der Waals surface area contributed by atoms with E-state index in [1.54, 1.807) is 13.3 Å². The molecule has 0 saturated heterocycles. The molecule has 0 bridgehead atoms. The second kappa shape index (κ2) is 7.13. The highest BCUT2D eigenvalue weighted by Gasteiger charge is 2.05. The summed E-state index contributed by atoms with van der Waals surface area (Å²) in [5, 5.41) is 0.580. The first-order valence-electron chi connectivity index (χ1n) is 6.72. The van der Waals surface area contributed by atoms with Crippen LogP contribution >= 0.6 is 11.8 Å². The molecule has 0 aliphatic rings. The van der Waals surface area contributed by atoms with Gasteiger partial charge in [-0.2, -0.15) is 0 Å².